The first-order valence-electron chi connectivity index (χ1n) is 8.43. The van der Waals surface area contributed by atoms with Crippen molar-refractivity contribution < 1.29 is 4.74 Å². The van der Waals surface area contributed by atoms with E-state index in [0.29, 0.717) is 0 Å². The monoisotopic (exact) mass is 303 g/mol. The van der Waals surface area contributed by atoms with Crippen molar-refractivity contribution in [3.8, 4) is 5.75 Å². The first kappa shape index (κ1) is 15.6. The summed E-state index contributed by atoms with van der Waals surface area (Å²) < 4.78 is 5.27. The number of benzene rings is 1. The molecule has 0 bridgehead atoms. The number of anilines is 1. The number of rotatable bonds is 4. The lowest BCUT2D eigenvalue weighted by atomic mass is 9.96. The predicted octanol–water partition coefficient (Wildman–Crippen LogP) is 2.21. The summed E-state index contributed by atoms with van der Waals surface area (Å²) in [6, 6.07) is 8.47. The molecule has 0 aromatic heterocycles. The lowest BCUT2D eigenvalue weighted by molar-refractivity contribution is 0.162. The lowest BCUT2D eigenvalue weighted by Crippen LogP contribution is -2.60. The topological polar surface area (TPSA) is 27.7 Å². The van der Waals surface area contributed by atoms with Gasteiger partial charge in [-0.2, -0.15) is 0 Å². The molecule has 3 rings (SSSR count). The third-order valence-corrected chi connectivity index (χ3v) is 5.04. The Morgan fingerprint density at radius 1 is 1.23 bits per heavy atom. The molecule has 1 N–H and O–H groups in total. The SMILES string of the molecule is COc1ccc(N2CCN(C[C@@H]3CCNC3)CC2(C)C)cc1. The zero-order valence-corrected chi connectivity index (χ0v) is 14.1. The number of ether oxygens (including phenoxy) is 1. The Morgan fingerprint density at radius 2 is 2.00 bits per heavy atom. The molecule has 0 aliphatic carbocycles. The van der Waals surface area contributed by atoms with Crippen LogP contribution < -0.4 is 15.0 Å². The van der Waals surface area contributed by atoms with Gasteiger partial charge in [-0.15, -0.1) is 0 Å². The van der Waals surface area contributed by atoms with Crippen LogP contribution >= 0.6 is 0 Å². The molecule has 1 aromatic carbocycles. The first-order chi connectivity index (χ1) is 10.6. The van der Waals surface area contributed by atoms with Gasteiger partial charge in [0, 0.05) is 37.4 Å². The van der Waals surface area contributed by atoms with Crippen LogP contribution in [0.3, 0.4) is 0 Å². The van der Waals surface area contributed by atoms with Gasteiger partial charge in [0.2, 0.25) is 0 Å². The van der Waals surface area contributed by atoms with Gasteiger partial charge in [-0.25, -0.2) is 0 Å². The minimum atomic E-state index is 0.166. The standard InChI is InChI=1S/C18H29N3O/c1-18(2)14-20(13-15-8-9-19-12-15)10-11-21(18)16-4-6-17(22-3)7-5-16/h4-7,15,19H,8-14H2,1-3H3/t15-/m1/s1. The van der Waals surface area contributed by atoms with Crippen molar-refractivity contribution in [2.45, 2.75) is 25.8 Å². The first-order valence-corrected chi connectivity index (χ1v) is 8.43. The van der Waals surface area contributed by atoms with Gasteiger partial charge >= 0.3 is 0 Å². The minimum Gasteiger partial charge on any atom is -0.497 e. The number of methoxy groups -OCH3 is 1. The highest BCUT2D eigenvalue weighted by Gasteiger charge is 2.34. The predicted molar refractivity (Wildman–Crippen MR) is 91.8 cm³/mol. The van der Waals surface area contributed by atoms with Gasteiger partial charge < -0.3 is 15.0 Å². The van der Waals surface area contributed by atoms with Crippen LogP contribution in [0.4, 0.5) is 5.69 Å². The molecular formula is C18H29N3O. The van der Waals surface area contributed by atoms with Crippen molar-refractivity contribution in [2.24, 2.45) is 5.92 Å². The maximum atomic E-state index is 5.27. The lowest BCUT2D eigenvalue weighted by Gasteiger charge is -2.49. The Kier molecular flexibility index (Phi) is 4.59. The van der Waals surface area contributed by atoms with Gasteiger partial charge in [0.1, 0.15) is 5.75 Å². The minimum absolute atomic E-state index is 0.166. The van der Waals surface area contributed by atoms with Crippen LogP contribution in [-0.2, 0) is 0 Å². The third kappa shape index (κ3) is 3.39. The van der Waals surface area contributed by atoms with E-state index in [9.17, 15) is 0 Å². The number of piperazine rings is 1. The van der Waals surface area contributed by atoms with E-state index >= 15 is 0 Å². The molecule has 2 heterocycles. The largest absolute Gasteiger partial charge is 0.497 e. The van der Waals surface area contributed by atoms with Gasteiger partial charge in [0.05, 0.1) is 7.11 Å². The van der Waals surface area contributed by atoms with Gasteiger partial charge in [-0.05, 0) is 63.5 Å². The number of nitrogens with zero attached hydrogens (tertiary/aromatic N) is 2. The molecule has 22 heavy (non-hydrogen) atoms. The van der Waals surface area contributed by atoms with Crippen molar-refractivity contribution in [3.63, 3.8) is 0 Å². The number of hydrogen-bond acceptors (Lipinski definition) is 4. The molecule has 0 saturated carbocycles. The molecule has 2 aliphatic heterocycles. The fourth-order valence-electron chi connectivity index (χ4n) is 3.89. The van der Waals surface area contributed by atoms with E-state index in [-0.39, 0.29) is 5.54 Å². The number of hydrogen-bond donors (Lipinski definition) is 1. The molecule has 0 spiro atoms. The molecule has 1 aromatic rings. The molecular weight excluding hydrogens is 274 g/mol. The molecule has 2 aliphatic rings. The molecule has 2 saturated heterocycles. The van der Waals surface area contributed by atoms with Crippen molar-refractivity contribution in [1.82, 2.24) is 10.2 Å². The highest BCUT2D eigenvalue weighted by atomic mass is 16.5. The van der Waals surface area contributed by atoms with Crippen molar-refractivity contribution in [3.05, 3.63) is 24.3 Å². The second-order valence-electron chi connectivity index (χ2n) is 7.26. The zero-order chi connectivity index (χ0) is 15.6. The average molecular weight is 303 g/mol. The van der Waals surface area contributed by atoms with Gasteiger partial charge in [-0.1, -0.05) is 0 Å². The summed E-state index contributed by atoms with van der Waals surface area (Å²) in [6.45, 7) is 11.7. The summed E-state index contributed by atoms with van der Waals surface area (Å²) >= 11 is 0. The molecule has 122 valence electrons. The smallest absolute Gasteiger partial charge is 0.119 e. The van der Waals surface area contributed by atoms with E-state index in [1.54, 1.807) is 7.11 Å². The maximum absolute atomic E-state index is 5.27. The average Bonchev–Trinajstić information content (AvgIpc) is 3.00. The quantitative estimate of drug-likeness (QED) is 0.923. The van der Waals surface area contributed by atoms with E-state index in [0.717, 1.165) is 31.3 Å². The third-order valence-electron chi connectivity index (χ3n) is 5.04. The molecule has 0 radical (unpaired) electrons. The summed E-state index contributed by atoms with van der Waals surface area (Å²) in [5, 5.41) is 3.48. The van der Waals surface area contributed by atoms with Crippen LogP contribution in [0.1, 0.15) is 20.3 Å². The zero-order valence-electron chi connectivity index (χ0n) is 14.1. The molecule has 4 heteroatoms. The highest BCUT2D eigenvalue weighted by Crippen LogP contribution is 2.29. The number of nitrogens with one attached hydrogen (secondary N) is 1. The van der Waals surface area contributed by atoms with Crippen molar-refractivity contribution >= 4 is 5.69 Å². The molecule has 2 fully saturated rings. The Bertz CT molecular complexity index is 480. The van der Waals surface area contributed by atoms with Crippen molar-refractivity contribution in [2.75, 3.05) is 51.3 Å². The van der Waals surface area contributed by atoms with Crippen LogP contribution in [0.5, 0.6) is 5.75 Å². The Labute approximate surface area is 134 Å². The molecule has 1 atom stereocenters. The van der Waals surface area contributed by atoms with Crippen LogP contribution in [0.15, 0.2) is 24.3 Å². The fourth-order valence-corrected chi connectivity index (χ4v) is 3.89. The van der Waals surface area contributed by atoms with Crippen LogP contribution in [0.25, 0.3) is 0 Å². The Hall–Kier alpha value is -1.26. The van der Waals surface area contributed by atoms with Gasteiger partial charge in [0.15, 0.2) is 0 Å². The highest BCUT2D eigenvalue weighted by molar-refractivity contribution is 5.51. The maximum Gasteiger partial charge on any atom is 0.119 e. The summed E-state index contributed by atoms with van der Waals surface area (Å²) in [4.78, 5) is 5.19. The van der Waals surface area contributed by atoms with Crippen molar-refractivity contribution in [1.29, 1.82) is 0 Å². The Balaban J connectivity index is 1.64. The summed E-state index contributed by atoms with van der Waals surface area (Å²) in [6.07, 6.45) is 1.33. The molecule has 0 amide bonds. The van der Waals surface area contributed by atoms with Gasteiger partial charge in [0.25, 0.3) is 0 Å². The van der Waals surface area contributed by atoms with E-state index in [1.807, 2.05) is 0 Å². The molecule has 0 unspecified atom stereocenters. The molecule has 4 nitrogen and oxygen atoms in total. The second kappa shape index (κ2) is 6.47. The second-order valence-corrected chi connectivity index (χ2v) is 7.26. The van der Waals surface area contributed by atoms with E-state index in [2.05, 4.69) is 53.2 Å². The van der Waals surface area contributed by atoms with Crippen LogP contribution in [0, 0.1) is 5.92 Å². The fraction of sp³-hybridized carbons (Fsp3) is 0.667. The van der Waals surface area contributed by atoms with Gasteiger partial charge in [-0.3, -0.25) is 4.90 Å². The van der Waals surface area contributed by atoms with E-state index < -0.39 is 0 Å². The summed E-state index contributed by atoms with van der Waals surface area (Å²) in [5.41, 5.74) is 1.46. The summed E-state index contributed by atoms with van der Waals surface area (Å²) in [5.74, 6) is 1.76. The Morgan fingerprint density at radius 3 is 2.59 bits per heavy atom. The normalized spacial score (nSPS) is 25.4. The van der Waals surface area contributed by atoms with E-state index in [1.165, 1.54) is 31.7 Å². The van der Waals surface area contributed by atoms with Crippen LogP contribution in [0.2, 0.25) is 0 Å². The van der Waals surface area contributed by atoms with E-state index in [4.69, 9.17) is 4.74 Å². The van der Waals surface area contributed by atoms with Crippen LogP contribution in [-0.4, -0.2) is 56.8 Å². The summed E-state index contributed by atoms with van der Waals surface area (Å²) in [7, 11) is 1.72.